The topological polar surface area (TPSA) is 114 Å². The second-order valence-corrected chi connectivity index (χ2v) is 12.9. The number of rotatable bonds is 7. The fourth-order valence-electron chi connectivity index (χ4n) is 4.05. The molecule has 8 nitrogen and oxygen atoms in total. The number of benzene rings is 2. The molecule has 0 unspecified atom stereocenters. The summed E-state index contributed by atoms with van der Waals surface area (Å²) in [6, 6.07) is 14.5. The van der Waals surface area contributed by atoms with Gasteiger partial charge in [-0.25, -0.2) is 16.8 Å². The smallest absolute Gasteiger partial charge is 0.291 e. The Morgan fingerprint density at radius 2 is 1.63 bits per heavy atom. The molecule has 1 aromatic heterocycles. The number of sulfone groups is 1. The van der Waals surface area contributed by atoms with Gasteiger partial charge in [0.1, 0.15) is 0 Å². The lowest BCUT2D eigenvalue weighted by atomic mass is 10.0. The molecule has 0 saturated carbocycles. The second kappa shape index (κ2) is 10.3. The van der Waals surface area contributed by atoms with E-state index in [2.05, 4.69) is 21.2 Å². The van der Waals surface area contributed by atoms with Crippen molar-refractivity contribution in [2.24, 2.45) is 0 Å². The summed E-state index contributed by atoms with van der Waals surface area (Å²) in [5.74, 6) is -0.837. The fraction of sp³-hybridized carbons (Fsp3) is 0.292. The number of hydrogen-bond donors (Lipinski definition) is 1. The number of anilines is 1. The first-order valence-electron chi connectivity index (χ1n) is 11.2. The number of nitrogens with zero attached hydrogens (tertiary/aromatic N) is 1. The van der Waals surface area contributed by atoms with Gasteiger partial charge in [-0.15, -0.1) is 0 Å². The second-order valence-electron chi connectivity index (χ2n) is 8.23. The van der Waals surface area contributed by atoms with Crippen molar-refractivity contribution in [2.45, 2.75) is 53.5 Å². The zero-order valence-electron chi connectivity index (χ0n) is 19.0. The Bertz CT molecular complexity index is 1420. The molecule has 1 aliphatic heterocycles. The van der Waals surface area contributed by atoms with Gasteiger partial charge in [0.25, 0.3) is 5.91 Å². The fourth-order valence-corrected chi connectivity index (χ4v) is 7.26. The molecule has 1 fully saturated rings. The van der Waals surface area contributed by atoms with E-state index in [-0.39, 0.29) is 26.7 Å². The summed E-state index contributed by atoms with van der Waals surface area (Å²) in [7, 11) is -7.55. The van der Waals surface area contributed by atoms with Crippen LogP contribution in [0.3, 0.4) is 0 Å². The van der Waals surface area contributed by atoms with Crippen molar-refractivity contribution in [3.63, 3.8) is 0 Å². The van der Waals surface area contributed by atoms with Crippen LogP contribution >= 0.6 is 15.9 Å². The van der Waals surface area contributed by atoms with Crippen LogP contribution < -0.4 is 5.32 Å². The molecule has 0 bridgehead atoms. The summed E-state index contributed by atoms with van der Waals surface area (Å²) >= 11 is 3.26. The monoisotopic (exact) mass is 580 g/mol. The first kappa shape index (κ1) is 25.6. The molecule has 11 heteroatoms. The van der Waals surface area contributed by atoms with Crippen molar-refractivity contribution in [2.75, 3.05) is 11.9 Å². The lowest BCUT2D eigenvalue weighted by molar-refractivity contribution is 0.0991. The number of halogens is 1. The lowest BCUT2D eigenvalue weighted by Crippen LogP contribution is -2.43. The van der Waals surface area contributed by atoms with E-state index in [1.807, 2.05) is 6.92 Å². The van der Waals surface area contributed by atoms with E-state index in [9.17, 15) is 21.6 Å². The minimum absolute atomic E-state index is 0.00466. The van der Waals surface area contributed by atoms with Crippen LogP contribution in [-0.4, -0.2) is 39.6 Å². The Hall–Kier alpha value is -2.47. The Labute approximate surface area is 213 Å². The molecule has 35 heavy (non-hydrogen) atoms. The maximum absolute atomic E-state index is 13.1. The van der Waals surface area contributed by atoms with Gasteiger partial charge in [-0.3, -0.25) is 4.79 Å². The number of piperidine rings is 1. The van der Waals surface area contributed by atoms with Crippen molar-refractivity contribution in [1.29, 1.82) is 0 Å². The van der Waals surface area contributed by atoms with E-state index >= 15 is 0 Å². The third-order valence-electron chi connectivity index (χ3n) is 5.96. The number of furan rings is 1. The standard InChI is InChI=1S/C24H25BrN2O6S2/c1-2-19-5-3-4-16-27(19)35(31,32)21-12-8-18(9-13-21)26-24(28)22-14-15-23(33-22)34(29,30)20-10-6-17(25)7-11-20/h6-15,19H,2-5,16H2,1H3,(H,26,28)/t19-/m0/s1. The highest BCUT2D eigenvalue weighted by atomic mass is 79.9. The predicted octanol–water partition coefficient (Wildman–Crippen LogP) is 5.08. The van der Waals surface area contributed by atoms with Crippen LogP contribution in [0.5, 0.6) is 0 Å². The summed E-state index contributed by atoms with van der Waals surface area (Å²) in [5, 5.41) is 2.26. The van der Waals surface area contributed by atoms with Crippen molar-refractivity contribution in [1.82, 2.24) is 4.31 Å². The summed E-state index contributed by atoms with van der Waals surface area (Å²) in [6.45, 7) is 2.49. The highest BCUT2D eigenvalue weighted by molar-refractivity contribution is 9.10. The van der Waals surface area contributed by atoms with Crippen LogP contribution in [0, 0.1) is 0 Å². The highest BCUT2D eigenvalue weighted by Crippen LogP contribution is 2.28. The quantitative estimate of drug-likeness (QED) is 0.416. The van der Waals surface area contributed by atoms with Gasteiger partial charge in [0.2, 0.25) is 25.0 Å². The first-order chi connectivity index (χ1) is 16.6. The first-order valence-corrected chi connectivity index (χ1v) is 14.9. The van der Waals surface area contributed by atoms with Crippen molar-refractivity contribution < 1.29 is 26.0 Å². The molecular formula is C24H25BrN2O6S2. The average molecular weight is 582 g/mol. The van der Waals surface area contributed by atoms with Gasteiger partial charge in [0.05, 0.1) is 9.79 Å². The van der Waals surface area contributed by atoms with Gasteiger partial charge >= 0.3 is 0 Å². The van der Waals surface area contributed by atoms with Crippen LogP contribution in [0.15, 0.2) is 84.4 Å². The average Bonchev–Trinajstić information content (AvgIpc) is 3.36. The van der Waals surface area contributed by atoms with Gasteiger partial charge < -0.3 is 9.73 Å². The van der Waals surface area contributed by atoms with E-state index < -0.39 is 25.8 Å². The molecule has 0 radical (unpaired) electrons. The number of carbonyl (C=O) groups excluding carboxylic acids is 1. The Morgan fingerprint density at radius 1 is 0.971 bits per heavy atom. The van der Waals surface area contributed by atoms with E-state index in [4.69, 9.17) is 4.42 Å². The van der Waals surface area contributed by atoms with Crippen LogP contribution in [0.1, 0.15) is 43.2 Å². The molecule has 1 saturated heterocycles. The third kappa shape index (κ3) is 5.37. The molecule has 1 N–H and O–H groups in total. The number of amides is 1. The third-order valence-corrected chi connectivity index (χ3v) is 10.1. The SMILES string of the molecule is CC[C@H]1CCCCN1S(=O)(=O)c1ccc(NC(=O)c2ccc(S(=O)(=O)c3ccc(Br)cc3)o2)cc1. The largest absolute Gasteiger partial charge is 0.439 e. The van der Waals surface area contributed by atoms with E-state index in [0.717, 1.165) is 30.2 Å². The summed E-state index contributed by atoms with van der Waals surface area (Å²) < 4.78 is 59.3. The molecule has 3 aromatic rings. The van der Waals surface area contributed by atoms with Gasteiger partial charge in [0, 0.05) is 22.7 Å². The van der Waals surface area contributed by atoms with Gasteiger partial charge in [-0.05, 0) is 79.9 Å². The molecule has 186 valence electrons. The van der Waals surface area contributed by atoms with Crippen molar-refractivity contribution >= 4 is 47.4 Å². The molecule has 2 aromatic carbocycles. The molecular weight excluding hydrogens is 556 g/mol. The van der Waals surface area contributed by atoms with Gasteiger partial charge in [-0.2, -0.15) is 4.31 Å². The van der Waals surface area contributed by atoms with E-state index in [1.54, 1.807) is 16.4 Å². The summed E-state index contributed by atoms with van der Waals surface area (Å²) in [4.78, 5) is 12.8. The Morgan fingerprint density at radius 3 is 2.29 bits per heavy atom. The molecule has 1 aliphatic rings. The maximum atomic E-state index is 13.1. The lowest BCUT2D eigenvalue weighted by Gasteiger charge is -2.34. The molecule has 2 heterocycles. The normalized spacial score (nSPS) is 17.3. The zero-order valence-corrected chi connectivity index (χ0v) is 22.2. The number of nitrogens with one attached hydrogen (secondary N) is 1. The van der Waals surface area contributed by atoms with Crippen LogP contribution in [0.25, 0.3) is 0 Å². The van der Waals surface area contributed by atoms with Crippen LogP contribution in [-0.2, 0) is 19.9 Å². The molecule has 0 aliphatic carbocycles. The summed E-state index contributed by atoms with van der Waals surface area (Å²) in [5.41, 5.74) is 0.355. The maximum Gasteiger partial charge on any atom is 0.291 e. The Balaban J connectivity index is 1.47. The highest BCUT2D eigenvalue weighted by Gasteiger charge is 2.32. The van der Waals surface area contributed by atoms with Crippen molar-refractivity contribution in [3.8, 4) is 0 Å². The van der Waals surface area contributed by atoms with Crippen LogP contribution in [0.2, 0.25) is 0 Å². The van der Waals surface area contributed by atoms with E-state index in [1.165, 1.54) is 48.5 Å². The zero-order chi connectivity index (χ0) is 25.2. The minimum atomic E-state index is -3.92. The number of carbonyl (C=O) groups is 1. The summed E-state index contributed by atoms with van der Waals surface area (Å²) in [6.07, 6.45) is 3.48. The minimum Gasteiger partial charge on any atom is -0.439 e. The molecule has 0 spiro atoms. The van der Waals surface area contributed by atoms with E-state index in [0.29, 0.717) is 12.2 Å². The van der Waals surface area contributed by atoms with Gasteiger partial charge in [0.15, 0.2) is 5.76 Å². The number of hydrogen-bond acceptors (Lipinski definition) is 6. The molecule has 1 amide bonds. The predicted molar refractivity (Wildman–Crippen MR) is 135 cm³/mol. The number of sulfonamides is 1. The Kier molecular flexibility index (Phi) is 7.51. The molecule has 4 rings (SSSR count). The van der Waals surface area contributed by atoms with Crippen molar-refractivity contribution in [3.05, 3.63) is 70.9 Å². The molecule has 1 atom stereocenters. The van der Waals surface area contributed by atoms with Gasteiger partial charge in [-0.1, -0.05) is 29.3 Å². The van der Waals surface area contributed by atoms with Crippen LogP contribution in [0.4, 0.5) is 5.69 Å².